The SMILES string of the molecule is O=C(C1CC(O)CN1)N(Cc1cccs1)C1CC1. The Morgan fingerprint density at radius 1 is 1.56 bits per heavy atom. The van der Waals surface area contributed by atoms with Gasteiger partial charge in [-0.3, -0.25) is 4.79 Å². The molecule has 1 saturated heterocycles. The summed E-state index contributed by atoms with van der Waals surface area (Å²) < 4.78 is 0. The van der Waals surface area contributed by atoms with Crippen LogP contribution in [0.2, 0.25) is 0 Å². The minimum atomic E-state index is -0.373. The normalized spacial score (nSPS) is 27.4. The van der Waals surface area contributed by atoms with Crippen molar-refractivity contribution in [2.24, 2.45) is 0 Å². The highest BCUT2D eigenvalue weighted by atomic mass is 32.1. The molecule has 98 valence electrons. The lowest BCUT2D eigenvalue weighted by molar-refractivity contribution is -0.134. The molecule has 0 aromatic carbocycles. The fraction of sp³-hybridized carbons (Fsp3) is 0.615. The van der Waals surface area contributed by atoms with Crippen molar-refractivity contribution in [2.45, 2.75) is 44.0 Å². The summed E-state index contributed by atoms with van der Waals surface area (Å²) in [6, 6.07) is 4.32. The van der Waals surface area contributed by atoms with Crippen molar-refractivity contribution >= 4 is 17.2 Å². The molecule has 3 rings (SSSR count). The lowest BCUT2D eigenvalue weighted by Crippen LogP contribution is -2.44. The van der Waals surface area contributed by atoms with Crippen LogP contribution in [-0.4, -0.2) is 40.6 Å². The van der Waals surface area contributed by atoms with Crippen LogP contribution < -0.4 is 5.32 Å². The Labute approximate surface area is 111 Å². The number of hydrogen-bond acceptors (Lipinski definition) is 4. The third-order valence-electron chi connectivity index (χ3n) is 3.58. The zero-order valence-corrected chi connectivity index (χ0v) is 11.0. The number of hydrogen-bond donors (Lipinski definition) is 2. The number of carbonyl (C=O) groups is 1. The number of aliphatic hydroxyl groups excluding tert-OH is 1. The summed E-state index contributed by atoms with van der Waals surface area (Å²) in [5.74, 6) is 0.155. The number of nitrogens with zero attached hydrogens (tertiary/aromatic N) is 1. The molecule has 18 heavy (non-hydrogen) atoms. The predicted octanol–water partition coefficient (Wildman–Crippen LogP) is 0.962. The fourth-order valence-corrected chi connectivity index (χ4v) is 3.15. The van der Waals surface area contributed by atoms with Crippen LogP contribution in [0.5, 0.6) is 0 Å². The van der Waals surface area contributed by atoms with E-state index >= 15 is 0 Å². The molecule has 2 aliphatic rings. The van der Waals surface area contributed by atoms with Gasteiger partial charge >= 0.3 is 0 Å². The Bertz CT molecular complexity index is 417. The van der Waals surface area contributed by atoms with Crippen LogP contribution in [0.4, 0.5) is 0 Å². The summed E-state index contributed by atoms with van der Waals surface area (Å²) in [5.41, 5.74) is 0. The van der Waals surface area contributed by atoms with E-state index in [0.717, 1.165) is 19.4 Å². The van der Waals surface area contributed by atoms with E-state index < -0.39 is 0 Å². The predicted molar refractivity (Wildman–Crippen MR) is 70.3 cm³/mol. The Balaban J connectivity index is 1.67. The van der Waals surface area contributed by atoms with Crippen LogP contribution in [0.1, 0.15) is 24.1 Å². The Hall–Kier alpha value is -0.910. The van der Waals surface area contributed by atoms with Crippen LogP contribution in [0.15, 0.2) is 17.5 Å². The molecule has 2 heterocycles. The molecule has 1 aromatic rings. The Kier molecular flexibility index (Phi) is 3.37. The zero-order valence-electron chi connectivity index (χ0n) is 10.2. The molecular formula is C13H18N2O2S. The molecule has 2 atom stereocenters. The van der Waals surface area contributed by atoms with Gasteiger partial charge in [-0.25, -0.2) is 0 Å². The van der Waals surface area contributed by atoms with Gasteiger partial charge in [0.15, 0.2) is 0 Å². The molecule has 2 N–H and O–H groups in total. The van der Waals surface area contributed by atoms with Crippen molar-refractivity contribution in [3.05, 3.63) is 22.4 Å². The molecule has 0 spiro atoms. The number of rotatable bonds is 4. The fourth-order valence-electron chi connectivity index (χ4n) is 2.45. The minimum absolute atomic E-state index is 0.155. The summed E-state index contributed by atoms with van der Waals surface area (Å²) in [7, 11) is 0. The standard InChI is InChI=1S/C13H18N2O2S/c16-10-6-12(14-7-10)13(17)15(9-3-4-9)8-11-2-1-5-18-11/h1-2,5,9-10,12,14,16H,3-4,6-8H2. The maximum Gasteiger partial charge on any atom is 0.240 e. The van der Waals surface area contributed by atoms with Crippen LogP contribution in [-0.2, 0) is 11.3 Å². The zero-order chi connectivity index (χ0) is 12.5. The van der Waals surface area contributed by atoms with Crippen molar-refractivity contribution in [1.82, 2.24) is 10.2 Å². The summed E-state index contributed by atoms with van der Waals surface area (Å²) in [4.78, 5) is 15.7. The van der Waals surface area contributed by atoms with Gasteiger partial charge in [0.25, 0.3) is 0 Å². The number of amides is 1. The van der Waals surface area contributed by atoms with E-state index in [4.69, 9.17) is 0 Å². The molecule has 1 amide bonds. The van der Waals surface area contributed by atoms with E-state index in [1.165, 1.54) is 4.88 Å². The molecule has 2 fully saturated rings. The topological polar surface area (TPSA) is 52.6 Å². The average molecular weight is 266 g/mol. The monoisotopic (exact) mass is 266 g/mol. The van der Waals surface area contributed by atoms with Crippen molar-refractivity contribution in [1.29, 1.82) is 0 Å². The first-order valence-corrected chi connectivity index (χ1v) is 7.36. The summed E-state index contributed by atoms with van der Waals surface area (Å²) in [6.45, 7) is 1.25. The van der Waals surface area contributed by atoms with Crippen molar-refractivity contribution in [3.63, 3.8) is 0 Å². The molecule has 1 saturated carbocycles. The first kappa shape index (κ1) is 12.1. The molecule has 1 aliphatic carbocycles. The van der Waals surface area contributed by atoms with E-state index in [-0.39, 0.29) is 18.1 Å². The number of carbonyl (C=O) groups excluding carboxylic acids is 1. The number of thiophene rings is 1. The Morgan fingerprint density at radius 2 is 2.39 bits per heavy atom. The number of nitrogens with one attached hydrogen (secondary N) is 1. The van der Waals surface area contributed by atoms with E-state index in [0.29, 0.717) is 19.0 Å². The van der Waals surface area contributed by atoms with Gasteiger partial charge in [0, 0.05) is 17.5 Å². The molecule has 0 radical (unpaired) electrons. The average Bonchev–Trinajstić information content (AvgIpc) is 2.88. The van der Waals surface area contributed by atoms with E-state index in [1.54, 1.807) is 11.3 Å². The molecule has 1 aromatic heterocycles. The summed E-state index contributed by atoms with van der Waals surface area (Å²) >= 11 is 1.69. The quantitative estimate of drug-likeness (QED) is 0.853. The largest absolute Gasteiger partial charge is 0.392 e. The van der Waals surface area contributed by atoms with Gasteiger partial charge in [-0.1, -0.05) is 6.07 Å². The molecule has 5 heteroatoms. The number of aliphatic hydroxyl groups is 1. The van der Waals surface area contributed by atoms with Gasteiger partial charge in [0.1, 0.15) is 0 Å². The van der Waals surface area contributed by atoms with Crippen LogP contribution in [0, 0.1) is 0 Å². The molecule has 0 bridgehead atoms. The smallest absolute Gasteiger partial charge is 0.240 e. The Morgan fingerprint density at radius 3 is 2.94 bits per heavy atom. The second-order valence-electron chi connectivity index (χ2n) is 5.13. The maximum absolute atomic E-state index is 12.5. The highest BCUT2D eigenvalue weighted by Gasteiger charge is 2.38. The third-order valence-corrected chi connectivity index (χ3v) is 4.44. The van der Waals surface area contributed by atoms with Gasteiger partial charge in [0.2, 0.25) is 5.91 Å². The first-order valence-electron chi connectivity index (χ1n) is 6.48. The first-order chi connectivity index (χ1) is 8.74. The highest BCUT2D eigenvalue weighted by molar-refractivity contribution is 7.09. The maximum atomic E-state index is 12.5. The second-order valence-corrected chi connectivity index (χ2v) is 6.16. The van der Waals surface area contributed by atoms with Crippen molar-refractivity contribution in [2.75, 3.05) is 6.54 Å². The summed E-state index contributed by atoms with van der Waals surface area (Å²) in [6.07, 6.45) is 2.41. The van der Waals surface area contributed by atoms with Gasteiger partial charge in [-0.05, 0) is 30.7 Å². The second kappa shape index (κ2) is 4.99. The van der Waals surface area contributed by atoms with Crippen LogP contribution >= 0.6 is 11.3 Å². The van der Waals surface area contributed by atoms with E-state index in [9.17, 15) is 9.90 Å². The minimum Gasteiger partial charge on any atom is -0.392 e. The van der Waals surface area contributed by atoms with Gasteiger partial charge in [0.05, 0.1) is 18.7 Å². The van der Waals surface area contributed by atoms with E-state index in [1.807, 2.05) is 16.3 Å². The molecule has 2 unspecified atom stereocenters. The number of β-amino-alcohol motifs (C(OH)–C–C–N with tert-alkyl or cyclic N) is 1. The third kappa shape index (κ3) is 2.58. The van der Waals surface area contributed by atoms with Gasteiger partial charge in [-0.15, -0.1) is 11.3 Å². The van der Waals surface area contributed by atoms with Crippen molar-refractivity contribution in [3.8, 4) is 0 Å². The molecule has 1 aliphatic heterocycles. The molecule has 4 nitrogen and oxygen atoms in total. The lowest BCUT2D eigenvalue weighted by Gasteiger charge is -2.25. The van der Waals surface area contributed by atoms with Crippen LogP contribution in [0.25, 0.3) is 0 Å². The van der Waals surface area contributed by atoms with Crippen molar-refractivity contribution < 1.29 is 9.90 Å². The molecular weight excluding hydrogens is 248 g/mol. The van der Waals surface area contributed by atoms with Gasteiger partial charge in [-0.2, -0.15) is 0 Å². The van der Waals surface area contributed by atoms with E-state index in [2.05, 4.69) is 11.4 Å². The van der Waals surface area contributed by atoms with Crippen LogP contribution in [0.3, 0.4) is 0 Å². The summed E-state index contributed by atoms with van der Waals surface area (Å²) in [5, 5.41) is 14.7. The lowest BCUT2D eigenvalue weighted by atomic mass is 10.1. The highest BCUT2D eigenvalue weighted by Crippen LogP contribution is 2.30. The van der Waals surface area contributed by atoms with Gasteiger partial charge < -0.3 is 15.3 Å².